The van der Waals surface area contributed by atoms with Gasteiger partial charge in [0.1, 0.15) is 0 Å². The van der Waals surface area contributed by atoms with Gasteiger partial charge in [-0.3, -0.25) is 4.79 Å². The van der Waals surface area contributed by atoms with Gasteiger partial charge >= 0.3 is 0 Å². The zero-order valence-electron chi connectivity index (χ0n) is 31.6. The van der Waals surface area contributed by atoms with Crippen LogP contribution in [0.2, 0.25) is 0 Å². The lowest BCUT2D eigenvalue weighted by molar-refractivity contribution is -0.909. The zero-order valence-corrected chi connectivity index (χ0v) is 31.6. The zero-order chi connectivity index (χ0) is 35.2. The highest BCUT2D eigenvalue weighted by atomic mass is 16.1. The van der Waals surface area contributed by atoms with Gasteiger partial charge in [0.25, 0.3) is 0 Å². The quantitative estimate of drug-likeness (QED) is 0.123. The van der Waals surface area contributed by atoms with Gasteiger partial charge in [-0.2, -0.15) is 4.58 Å². The average Bonchev–Trinajstić information content (AvgIpc) is 3.39. The van der Waals surface area contributed by atoms with E-state index in [1.165, 1.54) is 46.9 Å². The first kappa shape index (κ1) is 37.6. The molecule has 0 radical (unpaired) electrons. The first-order chi connectivity index (χ1) is 22.6. The summed E-state index contributed by atoms with van der Waals surface area (Å²) in [6.45, 7) is 19.0. The maximum absolute atomic E-state index is 13.1. The van der Waals surface area contributed by atoms with Gasteiger partial charge in [-0.25, -0.2) is 0 Å². The second-order valence-corrected chi connectivity index (χ2v) is 16.2. The molecule has 48 heavy (non-hydrogen) atoms. The third-order valence-electron chi connectivity index (χ3n) is 10.7. The number of quaternary nitrogens is 2. The number of nitrogens with two attached hydrogens (primary N) is 1. The summed E-state index contributed by atoms with van der Waals surface area (Å²) >= 11 is 0. The fraction of sp³-hybridized carbons (Fsp3) is 0.561. The number of fused-ring (bicyclic) bond motifs is 2. The Kier molecular flexibility index (Phi) is 12.1. The van der Waals surface area contributed by atoms with Crippen LogP contribution in [0.4, 0.5) is 11.4 Å². The molecular weight excluding hydrogens is 592 g/mol. The Bertz CT molecular complexity index is 1510. The van der Waals surface area contributed by atoms with Crippen molar-refractivity contribution in [3.63, 3.8) is 0 Å². The molecule has 0 fully saturated rings. The average molecular weight is 658 g/mol. The van der Waals surface area contributed by atoms with Gasteiger partial charge in [-0.15, -0.1) is 0 Å². The van der Waals surface area contributed by atoms with Gasteiger partial charge < -0.3 is 24.9 Å². The molecule has 0 spiro atoms. The Balaban J connectivity index is 1.38. The molecule has 0 aromatic heterocycles. The fourth-order valence-corrected chi connectivity index (χ4v) is 7.80. The number of nitrogens with zero attached hydrogens (tertiary/aromatic N) is 4. The predicted molar refractivity (Wildman–Crippen MR) is 203 cm³/mol. The number of carbonyl (C=O) groups excluding carboxylic acids is 1. The van der Waals surface area contributed by atoms with E-state index in [1.54, 1.807) is 0 Å². The Morgan fingerprint density at radius 1 is 0.854 bits per heavy atom. The van der Waals surface area contributed by atoms with Crippen molar-refractivity contribution in [3.8, 4) is 0 Å². The smallest absolute Gasteiger partial charge is 0.226 e. The second-order valence-electron chi connectivity index (χ2n) is 16.2. The first-order valence-corrected chi connectivity index (χ1v) is 18.3. The largest absolute Gasteiger partial charge is 0.356 e. The van der Waals surface area contributed by atoms with E-state index in [0.717, 1.165) is 61.1 Å². The van der Waals surface area contributed by atoms with Crippen molar-refractivity contribution < 1.29 is 18.3 Å². The summed E-state index contributed by atoms with van der Waals surface area (Å²) in [4.78, 5) is 15.5. The topological polar surface area (TPSA) is 61.4 Å². The van der Waals surface area contributed by atoms with Crippen molar-refractivity contribution in [2.24, 2.45) is 5.73 Å². The molecule has 0 unspecified atom stereocenters. The van der Waals surface area contributed by atoms with E-state index in [0.29, 0.717) is 13.0 Å². The van der Waals surface area contributed by atoms with E-state index >= 15 is 0 Å². The SMILES string of the molecule is CCN1C(=CC=CC2=[N+](CCC(=O)NCCC[N+](C)(C)CCC[N+](C)(C)CCCN)c3ccccc3C2(C)C)C(C)(C)c2ccccc21. The number of para-hydroxylation sites is 2. The number of nitrogens with one attached hydrogen (secondary N) is 1. The van der Waals surface area contributed by atoms with Crippen LogP contribution >= 0.6 is 0 Å². The molecule has 2 heterocycles. The van der Waals surface area contributed by atoms with Gasteiger partial charge in [-0.05, 0) is 45.0 Å². The van der Waals surface area contributed by atoms with E-state index in [1.807, 2.05) is 0 Å². The summed E-state index contributed by atoms with van der Waals surface area (Å²) < 4.78 is 4.37. The molecule has 0 bridgehead atoms. The Hall–Kier alpha value is -3.26. The van der Waals surface area contributed by atoms with Crippen molar-refractivity contribution >= 4 is 23.0 Å². The number of amides is 1. The number of carbonyl (C=O) groups is 1. The minimum Gasteiger partial charge on any atom is -0.356 e. The molecule has 7 heteroatoms. The van der Waals surface area contributed by atoms with Crippen LogP contribution in [-0.4, -0.2) is 106 Å². The molecule has 0 atom stereocenters. The molecule has 4 rings (SSSR count). The first-order valence-electron chi connectivity index (χ1n) is 18.3. The standard InChI is InChI=1S/C41H64N6O/c1-10-44-35-21-13-11-19-33(35)40(2,3)37(44)23-15-24-38-41(4,5)34-20-12-14-22-36(34)45(38)28-25-39(48)43-27-17-30-47(8,9)32-18-31-46(6,7)29-16-26-42/h11-15,19-24H,10,16-18,25-32,42H2,1-9H3/q+2/p+1. The predicted octanol–water partition coefficient (Wildman–Crippen LogP) is 6.11. The molecule has 2 aromatic rings. The number of anilines is 1. The minimum absolute atomic E-state index is 0.0672. The van der Waals surface area contributed by atoms with Crippen molar-refractivity contribution in [2.75, 3.05) is 85.4 Å². The van der Waals surface area contributed by atoms with Crippen LogP contribution < -0.4 is 16.0 Å². The van der Waals surface area contributed by atoms with Crippen LogP contribution in [-0.2, 0) is 15.6 Å². The number of benzene rings is 2. The number of rotatable bonds is 17. The molecule has 1 amide bonds. The van der Waals surface area contributed by atoms with Gasteiger partial charge in [0.05, 0.1) is 66.2 Å². The number of hydrogen-bond acceptors (Lipinski definition) is 3. The summed E-state index contributed by atoms with van der Waals surface area (Å²) in [6.07, 6.45) is 10.5. The second kappa shape index (κ2) is 15.5. The lowest BCUT2D eigenvalue weighted by Gasteiger charge is -2.33. The maximum atomic E-state index is 13.1. The molecule has 0 aliphatic carbocycles. The van der Waals surface area contributed by atoms with Crippen LogP contribution in [0.25, 0.3) is 0 Å². The van der Waals surface area contributed by atoms with Gasteiger partial charge in [0, 0.05) is 66.9 Å². The van der Waals surface area contributed by atoms with E-state index in [-0.39, 0.29) is 16.7 Å². The molecule has 262 valence electrons. The highest BCUT2D eigenvalue weighted by Crippen LogP contribution is 2.47. The monoisotopic (exact) mass is 658 g/mol. The highest BCUT2D eigenvalue weighted by molar-refractivity contribution is 6.03. The normalized spacial score (nSPS) is 17.8. The molecule has 0 saturated heterocycles. The van der Waals surface area contributed by atoms with Gasteiger partial charge in [-0.1, -0.05) is 56.3 Å². The van der Waals surface area contributed by atoms with Crippen LogP contribution in [0.5, 0.6) is 0 Å². The lowest BCUT2D eigenvalue weighted by atomic mass is 9.81. The summed E-state index contributed by atoms with van der Waals surface area (Å²) in [5.41, 5.74) is 13.2. The van der Waals surface area contributed by atoms with Crippen molar-refractivity contribution in [3.05, 3.63) is 83.6 Å². The summed E-state index contributed by atoms with van der Waals surface area (Å²) in [5, 5.41) is 3.22. The van der Waals surface area contributed by atoms with Crippen LogP contribution in [0.15, 0.2) is 72.5 Å². The molecule has 3 N–H and O–H groups in total. The third-order valence-corrected chi connectivity index (χ3v) is 10.7. The molecule has 0 saturated carbocycles. The highest BCUT2D eigenvalue weighted by Gasteiger charge is 2.44. The third kappa shape index (κ3) is 8.66. The van der Waals surface area contributed by atoms with E-state index in [4.69, 9.17) is 5.73 Å². The molecule has 2 aliphatic heterocycles. The molecule has 7 nitrogen and oxygen atoms in total. The van der Waals surface area contributed by atoms with Crippen LogP contribution in [0.1, 0.15) is 71.4 Å². The molecule has 2 aliphatic rings. The van der Waals surface area contributed by atoms with E-state index in [2.05, 4.69) is 144 Å². The van der Waals surface area contributed by atoms with E-state index in [9.17, 15) is 4.79 Å². The van der Waals surface area contributed by atoms with E-state index < -0.39 is 0 Å². The number of likely N-dealkylation sites (N-methyl/N-ethyl adjacent to an activating group) is 1. The number of hydrogen-bond donors (Lipinski definition) is 2. The fourth-order valence-electron chi connectivity index (χ4n) is 7.80. The van der Waals surface area contributed by atoms with Crippen molar-refractivity contribution in [2.45, 2.75) is 71.1 Å². The lowest BCUT2D eigenvalue weighted by Crippen LogP contribution is -2.46. The molecule has 2 aromatic carbocycles. The minimum atomic E-state index is -0.164. The summed E-state index contributed by atoms with van der Waals surface area (Å²) in [6, 6.07) is 17.4. The maximum Gasteiger partial charge on any atom is 0.226 e. The van der Waals surface area contributed by atoms with Crippen molar-refractivity contribution in [1.82, 2.24) is 5.32 Å². The van der Waals surface area contributed by atoms with Crippen LogP contribution in [0.3, 0.4) is 0 Å². The Morgan fingerprint density at radius 2 is 1.46 bits per heavy atom. The van der Waals surface area contributed by atoms with Gasteiger partial charge in [0.15, 0.2) is 12.3 Å². The van der Waals surface area contributed by atoms with Gasteiger partial charge in [0.2, 0.25) is 11.6 Å². The number of allylic oxidation sites excluding steroid dienone is 4. The Labute approximate surface area is 292 Å². The van der Waals surface area contributed by atoms with Crippen molar-refractivity contribution in [1.29, 1.82) is 0 Å². The van der Waals surface area contributed by atoms with Crippen LogP contribution in [0, 0.1) is 0 Å². The summed E-state index contributed by atoms with van der Waals surface area (Å²) in [7, 11) is 9.22. The Morgan fingerprint density at radius 3 is 2.12 bits per heavy atom. The molecular formula is C41H65N6O+3. The summed E-state index contributed by atoms with van der Waals surface area (Å²) in [5.74, 6) is 0.121.